The Morgan fingerprint density at radius 3 is 2.88 bits per heavy atom. The van der Waals surface area contributed by atoms with Gasteiger partial charge in [-0.2, -0.15) is 0 Å². The molecule has 86 valence electrons. The van der Waals surface area contributed by atoms with Crippen molar-refractivity contribution in [2.45, 2.75) is 31.8 Å². The van der Waals surface area contributed by atoms with Crippen LogP contribution in [0, 0.1) is 11.7 Å². The van der Waals surface area contributed by atoms with E-state index in [1.807, 2.05) is 6.07 Å². The van der Waals surface area contributed by atoms with E-state index in [2.05, 4.69) is 4.90 Å². The van der Waals surface area contributed by atoms with E-state index in [1.54, 1.807) is 0 Å². The predicted molar refractivity (Wildman–Crippen MR) is 62.4 cm³/mol. The van der Waals surface area contributed by atoms with Crippen LogP contribution < -0.4 is 5.73 Å². The summed E-state index contributed by atoms with van der Waals surface area (Å²) in [5.74, 6) is 0.649. The molecule has 2 N–H and O–H groups in total. The maximum Gasteiger partial charge on any atom is 0.125 e. The molecular weight excluding hydrogens is 203 g/mol. The van der Waals surface area contributed by atoms with Gasteiger partial charge in [0.1, 0.15) is 5.82 Å². The van der Waals surface area contributed by atoms with Crippen molar-refractivity contribution in [1.82, 2.24) is 4.90 Å². The molecule has 2 bridgehead atoms. The van der Waals surface area contributed by atoms with E-state index in [-0.39, 0.29) is 5.82 Å². The van der Waals surface area contributed by atoms with Crippen molar-refractivity contribution in [2.24, 2.45) is 5.92 Å². The molecule has 0 aromatic heterocycles. The Morgan fingerprint density at radius 2 is 2.25 bits per heavy atom. The molecule has 1 aliphatic heterocycles. The van der Waals surface area contributed by atoms with Crippen molar-refractivity contribution in [3.63, 3.8) is 0 Å². The topological polar surface area (TPSA) is 29.3 Å². The average Bonchev–Trinajstić information content (AvgIpc) is 2.84. The summed E-state index contributed by atoms with van der Waals surface area (Å²) in [5.41, 5.74) is 7.48. The molecule has 3 heteroatoms. The van der Waals surface area contributed by atoms with Gasteiger partial charge in [0, 0.05) is 24.8 Å². The quantitative estimate of drug-likeness (QED) is 0.775. The number of anilines is 1. The van der Waals surface area contributed by atoms with Gasteiger partial charge in [-0.15, -0.1) is 0 Å². The third-order valence-electron chi connectivity index (χ3n) is 4.00. The lowest BCUT2D eigenvalue weighted by molar-refractivity contribution is 0.205. The number of benzene rings is 1. The van der Waals surface area contributed by atoms with Gasteiger partial charge < -0.3 is 5.73 Å². The van der Waals surface area contributed by atoms with E-state index < -0.39 is 0 Å². The molecule has 2 unspecified atom stereocenters. The summed E-state index contributed by atoms with van der Waals surface area (Å²) in [5, 5.41) is 0. The summed E-state index contributed by atoms with van der Waals surface area (Å²) < 4.78 is 12.9. The molecule has 0 spiro atoms. The van der Waals surface area contributed by atoms with Crippen LogP contribution in [0.15, 0.2) is 18.2 Å². The second kappa shape index (κ2) is 3.74. The zero-order valence-electron chi connectivity index (χ0n) is 9.32. The van der Waals surface area contributed by atoms with Gasteiger partial charge in [-0.25, -0.2) is 4.39 Å². The second-order valence-corrected chi connectivity index (χ2v) is 5.11. The Hall–Kier alpha value is -1.09. The molecule has 16 heavy (non-hydrogen) atoms. The molecule has 2 aliphatic rings. The zero-order valence-corrected chi connectivity index (χ0v) is 9.32. The molecule has 2 atom stereocenters. The smallest absolute Gasteiger partial charge is 0.125 e. The SMILES string of the molecule is Nc1cc(F)ccc1CN1CC2CCC1C2. The lowest BCUT2D eigenvalue weighted by atomic mass is 10.1. The highest BCUT2D eigenvalue weighted by Gasteiger charge is 2.37. The van der Waals surface area contributed by atoms with Crippen LogP contribution in [-0.4, -0.2) is 17.5 Å². The Labute approximate surface area is 95.2 Å². The van der Waals surface area contributed by atoms with Crippen LogP contribution in [0.3, 0.4) is 0 Å². The minimum atomic E-state index is -0.246. The number of nitrogens with two attached hydrogens (primary N) is 1. The summed E-state index contributed by atoms with van der Waals surface area (Å²) >= 11 is 0. The first kappa shape index (κ1) is 10.1. The zero-order chi connectivity index (χ0) is 11.1. The van der Waals surface area contributed by atoms with Gasteiger partial charge in [0.2, 0.25) is 0 Å². The van der Waals surface area contributed by atoms with Gasteiger partial charge in [0.25, 0.3) is 0 Å². The fourth-order valence-corrected chi connectivity index (χ4v) is 3.15. The fourth-order valence-electron chi connectivity index (χ4n) is 3.15. The monoisotopic (exact) mass is 220 g/mol. The molecule has 1 aromatic rings. The number of rotatable bonds is 2. The number of halogens is 1. The molecule has 0 radical (unpaired) electrons. The van der Waals surface area contributed by atoms with Crippen molar-refractivity contribution in [3.8, 4) is 0 Å². The molecule has 1 aliphatic carbocycles. The fraction of sp³-hybridized carbons (Fsp3) is 0.538. The molecule has 1 heterocycles. The van der Waals surface area contributed by atoms with Crippen molar-refractivity contribution >= 4 is 5.69 Å². The first-order chi connectivity index (χ1) is 7.72. The number of hydrogen-bond donors (Lipinski definition) is 1. The van der Waals surface area contributed by atoms with Crippen molar-refractivity contribution in [1.29, 1.82) is 0 Å². The summed E-state index contributed by atoms with van der Waals surface area (Å²) in [7, 11) is 0. The normalized spacial score (nSPS) is 28.8. The van der Waals surface area contributed by atoms with Crippen LogP contribution in [0.4, 0.5) is 10.1 Å². The van der Waals surface area contributed by atoms with E-state index in [9.17, 15) is 4.39 Å². The number of likely N-dealkylation sites (tertiary alicyclic amines) is 1. The number of nitrogen functional groups attached to an aromatic ring is 1. The first-order valence-corrected chi connectivity index (χ1v) is 6.00. The van der Waals surface area contributed by atoms with E-state index in [1.165, 1.54) is 37.9 Å². The average molecular weight is 220 g/mol. The summed E-state index contributed by atoms with van der Waals surface area (Å²) in [4.78, 5) is 2.50. The lowest BCUT2D eigenvalue weighted by Gasteiger charge is -2.27. The van der Waals surface area contributed by atoms with Gasteiger partial charge >= 0.3 is 0 Å². The number of nitrogens with zero attached hydrogens (tertiary/aromatic N) is 1. The molecule has 1 aromatic carbocycles. The minimum Gasteiger partial charge on any atom is -0.398 e. The molecule has 1 saturated heterocycles. The molecule has 2 nitrogen and oxygen atoms in total. The van der Waals surface area contributed by atoms with Gasteiger partial charge in [0.05, 0.1) is 0 Å². The highest BCUT2D eigenvalue weighted by molar-refractivity contribution is 5.46. The largest absolute Gasteiger partial charge is 0.398 e. The Balaban J connectivity index is 1.74. The van der Waals surface area contributed by atoms with Crippen LogP contribution in [-0.2, 0) is 6.54 Å². The van der Waals surface area contributed by atoms with Gasteiger partial charge in [-0.05, 0) is 42.9 Å². The second-order valence-electron chi connectivity index (χ2n) is 5.11. The number of fused-ring (bicyclic) bond motifs is 2. The van der Waals surface area contributed by atoms with Crippen LogP contribution in [0.25, 0.3) is 0 Å². The highest BCUT2D eigenvalue weighted by Crippen LogP contribution is 2.38. The predicted octanol–water partition coefficient (Wildman–Crippen LogP) is 2.39. The van der Waals surface area contributed by atoms with E-state index in [0.29, 0.717) is 5.69 Å². The van der Waals surface area contributed by atoms with E-state index in [4.69, 9.17) is 5.73 Å². The molecule has 3 rings (SSSR count). The van der Waals surface area contributed by atoms with Gasteiger partial charge in [-0.3, -0.25) is 4.90 Å². The summed E-state index contributed by atoms with van der Waals surface area (Å²) in [6.07, 6.45) is 4.06. The standard InChI is InChI=1S/C13H17FN2/c14-11-3-2-10(13(15)6-11)8-16-7-9-1-4-12(16)5-9/h2-3,6,9,12H,1,4-5,7-8,15H2. The van der Waals surface area contributed by atoms with E-state index >= 15 is 0 Å². The molecular formula is C13H17FN2. The van der Waals surface area contributed by atoms with Crippen LogP contribution in [0.5, 0.6) is 0 Å². The number of hydrogen-bond acceptors (Lipinski definition) is 2. The van der Waals surface area contributed by atoms with Gasteiger partial charge in [-0.1, -0.05) is 6.07 Å². The maximum atomic E-state index is 12.9. The van der Waals surface area contributed by atoms with Crippen LogP contribution >= 0.6 is 0 Å². The third kappa shape index (κ3) is 1.69. The molecule has 0 amide bonds. The Morgan fingerprint density at radius 1 is 1.38 bits per heavy atom. The molecule has 1 saturated carbocycles. The van der Waals surface area contributed by atoms with Crippen molar-refractivity contribution in [3.05, 3.63) is 29.6 Å². The summed E-state index contributed by atoms with van der Waals surface area (Å²) in [6.45, 7) is 2.08. The van der Waals surface area contributed by atoms with Crippen molar-refractivity contribution < 1.29 is 4.39 Å². The maximum absolute atomic E-state index is 12.9. The van der Waals surface area contributed by atoms with Crippen molar-refractivity contribution in [2.75, 3.05) is 12.3 Å². The first-order valence-electron chi connectivity index (χ1n) is 6.00. The molecule has 2 fully saturated rings. The van der Waals surface area contributed by atoms with Crippen LogP contribution in [0.1, 0.15) is 24.8 Å². The Bertz CT molecular complexity index is 405. The van der Waals surface area contributed by atoms with Gasteiger partial charge in [0.15, 0.2) is 0 Å². The third-order valence-corrected chi connectivity index (χ3v) is 4.00. The minimum absolute atomic E-state index is 0.246. The lowest BCUT2D eigenvalue weighted by Crippen LogP contribution is -2.31. The van der Waals surface area contributed by atoms with E-state index in [0.717, 1.165) is 24.1 Å². The van der Waals surface area contributed by atoms with Crippen LogP contribution in [0.2, 0.25) is 0 Å². The number of piperidine rings is 1. The summed E-state index contributed by atoms with van der Waals surface area (Å²) in [6, 6.07) is 5.48. The highest BCUT2D eigenvalue weighted by atomic mass is 19.1. The Kier molecular flexibility index (Phi) is 2.36.